The summed E-state index contributed by atoms with van der Waals surface area (Å²) in [4.78, 5) is 22.3. The number of hydrogen-bond donors (Lipinski definition) is 1. The molecule has 0 saturated carbocycles. The molecule has 0 aliphatic heterocycles. The average Bonchev–Trinajstić information content (AvgIpc) is 2.18. The molecule has 0 radical (unpaired) electrons. The molecule has 0 heterocycles. The zero-order chi connectivity index (χ0) is 11.4. The standard InChI is InChI=1S/C11H10O4/c1-7(2)10(13)15-11(14)8-5-3-4-6-9(8)12/h3-6,12H,1H2,2H3. The Balaban J connectivity index is 2.83. The highest BCUT2D eigenvalue weighted by Crippen LogP contribution is 2.16. The van der Waals surface area contributed by atoms with Crippen LogP contribution in [0.15, 0.2) is 36.4 Å². The molecule has 0 amide bonds. The van der Waals surface area contributed by atoms with E-state index in [9.17, 15) is 14.7 Å². The van der Waals surface area contributed by atoms with Crippen molar-refractivity contribution < 1.29 is 19.4 Å². The highest BCUT2D eigenvalue weighted by atomic mass is 16.6. The first-order valence-corrected chi connectivity index (χ1v) is 4.22. The molecule has 78 valence electrons. The minimum Gasteiger partial charge on any atom is -0.507 e. The molecule has 0 unspecified atom stereocenters. The predicted molar refractivity (Wildman–Crippen MR) is 53.3 cm³/mol. The largest absolute Gasteiger partial charge is 0.507 e. The molecular formula is C11H10O4. The van der Waals surface area contributed by atoms with Gasteiger partial charge >= 0.3 is 11.9 Å². The molecular weight excluding hydrogens is 196 g/mol. The summed E-state index contributed by atoms with van der Waals surface area (Å²) in [5.41, 5.74) is 0.0749. The quantitative estimate of drug-likeness (QED) is 0.454. The van der Waals surface area contributed by atoms with Crippen LogP contribution in [-0.2, 0) is 9.53 Å². The third kappa shape index (κ3) is 2.67. The number of para-hydroxylation sites is 1. The lowest BCUT2D eigenvalue weighted by atomic mass is 10.2. The number of aromatic hydroxyl groups is 1. The maximum absolute atomic E-state index is 11.3. The number of rotatable bonds is 2. The summed E-state index contributed by atoms with van der Waals surface area (Å²) >= 11 is 0. The zero-order valence-electron chi connectivity index (χ0n) is 8.19. The third-order valence-corrected chi connectivity index (χ3v) is 1.66. The first-order valence-electron chi connectivity index (χ1n) is 4.22. The second-order valence-corrected chi connectivity index (χ2v) is 2.97. The van der Waals surface area contributed by atoms with Crippen LogP contribution in [0, 0.1) is 0 Å². The molecule has 1 aromatic rings. The maximum Gasteiger partial charge on any atom is 0.349 e. The second-order valence-electron chi connectivity index (χ2n) is 2.97. The number of ether oxygens (including phenoxy) is 1. The fourth-order valence-electron chi connectivity index (χ4n) is 0.873. The van der Waals surface area contributed by atoms with Gasteiger partial charge in [0.25, 0.3) is 0 Å². The van der Waals surface area contributed by atoms with Gasteiger partial charge in [-0.05, 0) is 19.1 Å². The lowest BCUT2D eigenvalue weighted by Gasteiger charge is -2.03. The zero-order valence-corrected chi connectivity index (χ0v) is 8.19. The molecule has 1 aromatic carbocycles. The average molecular weight is 206 g/mol. The van der Waals surface area contributed by atoms with Crippen molar-refractivity contribution in [3.05, 3.63) is 42.0 Å². The van der Waals surface area contributed by atoms with Crippen LogP contribution in [0.5, 0.6) is 5.75 Å². The summed E-state index contributed by atoms with van der Waals surface area (Å²) in [7, 11) is 0. The van der Waals surface area contributed by atoms with Gasteiger partial charge in [-0.3, -0.25) is 0 Å². The summed E-state index contributed by atoms with van der Waals surface area (Å²) in [5, 5.41) is 9.30. The molecule has 0 bridgehead atoms. The van der Waals surface area contributed by atoms with Gasteiger partial charge in [0.2, 0.25) is 0 Å². The fourth-order valence-corrected chi connectivity index (χ4v) is 0.873. The first-order chi connectivity index (χ1) is 7.02. The molecule has 0 atom stereocenters. The highest BCUT2D eigenvalue weighted by molar-refractivity contribution is 6.02. The van der Waals surface area contributed by atoms with Gasteiger partial charge in [0.05, 0.1) is 0 Å². The van der Waals surface area contributed by atoms with Crippen molar-refractivity contribution in [2.24, 2.45) is 0 Å². The Labute approximate surface area is 86.8 Å². The van der Waals surface area contributed by atoms with Gasteiger partial charge in [0.1, 0.15) is 11.3 Å². The van der Waals surface area contributed by atoms with E-state index in [1.165, 1.54) is 19.1 Å². The third-order valence-electron chi connectivity index (χ3n) is 1.66. The van der Waals surface area contributed by atoms with Crippen LogP contribution in [0.25, 0.3) is 0 Å². The molecule has 4 heteroatoms. The van der Waals surface area contributed by atoms with Crippen molar-refractivity contribution in [3.63, 3.8) is 0 Å². The van der Waals surface area contributed by atoms with Gasteiger partial charge in [-0.25, -0.2) is 9.59 Å². The molecule has 0 aromatic heterocycles. The highest BCUT2D eigenvalue weighted by Gasteiger charge is 2.16. The number of benzene rings is 1. The van der Waals surface area contributed by atoms with E-state index < -0.39 is 11.9 Å². The number of carbonyl (C=O) groups is 2. The summed E-state index contributed by atoms with van der Waals surface area (Å²) in [5.74, 6) is -1.92. The van der Waals surface area contributed by atoms with Crippen molar-refractivity contribution in [3.8, 4) is 5.75 Å². The van der Waals surface area contributed by atoms with Crippen LogP contribution in [-0.4, -0.2) is 17.0 Å². The molecule has 0 aliphatic rings. The monoisotopic (exact) mass is 206 g/mol. The molecule has 0 fully saturated rings. The maximum atomic E-state index is 11.3. The summed E-state index contributed by atoms with van der Waals surface area (Å²) in [6.45, 7) is 4.77. The number of phenolic OH excluding ortho intramolecular Hbond substituents is 1. The summed E-state index contributed by atoms with van der Waals surface area (Å²) < 4.78 is 4.44. The van der Waals surface area contributed by atoms with E-state index >= 15 is 0 Å². The second kappa shape index (κ2) is 4.41. The van der Waals surface area contributed by atoms with Crippen LogP contribution in [0.1, 0.15) is 17.3 Å². The van der Waals surface area contributed by atoms with Crippen LogP contribution < -0.4 is 0 Å². The van der Waals surface area contributed by atoms with Gasteiger partial charge in [0, 0.05) is 5.57 Å². The summed E-state index contributed by atoms with van der Waals surface area (Å²) in [6.07, 6.45) is 0. The SMILES string of the molecule is C=C(C)C(=O)OC(=O)c1ccccc1O. The lowest BCUT2D eigenvalue weighted by Crippen LogP contribution is -2.12. The van der Waals surface area contributed by atoms with Crippen molar-refractivity contribution in [2.75, 3.05) is 0 Å². The van der Waals surface area contributed by atoms with Crippen molar-refractivity contribution in [1.29, 1.82) is 0 Å². The van der Waals surface area contributed by atoms with Gasteiger partial charge in [-0.2, -0.15) is 0 Å². The molecule has 1 N–H and O–H groups in total. The van der Waals surface area contributed by atoms with E-state index in [0.717, 1.165) is 0 Å². The van der Waals surface area contributed by atoms with E-state index in [4.69, 9.17) is 0 Å². The van der Waals surface area contributed by atoms with Gasteiger partial charge < -0.3 is 9.84 Å². The predicted octanol–water partition coefficient (Wildman–Crippen LogP) is 1.65. The Hall–Kier alpha value is -2.10. The molecule has 1 rings (SSSR count). The number of phenols is 1. The minimum atomic E-state index is -0.888. The van der Waals surface area contributed by atoms with Crippen LogP contribution in [0.2, 0.25) is 0 Å². The Kier molecular flexibility index (Phi) is 3.23. The molecule has 0 saturated heterocycles. The molecule has 0 aliphatic carbocycles. The van der Waals surface area contributed by atoms with E-state index in [2.05, 4.69) is 11.3 Å². The minimum absolute atomic E-state index is 0.0490. The van der Waals surface area contributed by atoms with Crippen molar-refractivity contribution in [1.82, 2.24) is 0 Å². The van der Waals surface area contributed by atoms with Crippen molar-refractivity contribution in [2.45, 2.75) is 6.92 Å². The first kappa shape index (κ1) is 11.0. The Morgan fingerprint density at radius 1 is 1.33 bits per heavy atom. The number of esters is 2. The Bertz CT molecular complexity index is 420. The van der Waals surface area contributed by atoms with E-state index in [-0.39, 0.29) is 16.9 Å². The topological polar surface area (TPSA) is 63.6 Å². The number of carbonyl (C=O) groups excluding carboxylic acids is 2. The Morgan fingerprint density at radius 3 is 2.47 bits per heavy atom. The summed E-state index contributed by atoms with van der Waals surface area (Å²) in [6, 6.07) is 5.82. The molecule has 15 heavy (non-hydrogen) atoms. The van der Waals surface area contributed by atoms with E-state index in [1.807, 2.05) is 0 Å². The van der Waals surface area contributed by atoms with Crippen LogP contribution in [0.3, 0.4) is 0 Å². The van der Waals surface area contributed by atoms with Crippen LogP contribution in [0.4, 0.5) is 0 Å². The number of hydrogen-bond acceptors (Lipinski definition) is 4. The van der Waals surface area contributed by atoms with E-state index in [1.54, 1.807) is 12.1 Å². The fraction of sp³-hybridized carbons (Fsp3) is 0.0909. The van der Waals surface area contributed by atoms with E-state index in [0.29, 0.717) is 0 Å². The Morgan fingerprint density at radius 2 is 1.93 bits per heavy atom. The smallest absolute Gasteiger partial charge is 0.349 e. The lowest BCUT2D eigenvalue weighted by molar-refractivity contribution is -0.133. The normalized spacial score (nSPS) is 9.40. The van der Waals surface area contributed by atoms with Gasteiger partial charge in [0.15, 0.2) is 0 Å². The van der Waals surface area contributed by atoms with Crippen molar-refractivity contribution >= 4 is 11.9 Å². The van der Waals surface area contributed by atoms with Gasteiger partial charge in [-0.15, -0.1) is 0 Å². The molecule has 4 nitrogen and oxygen atoms in total. The molecule has 0 spiro atoms. The van der Waals surface area contributed by atoms with Crippen LogP contribution >= 0.6 is 0 Å². The van der Waals surface area contributed by atoms with Gasteiger partial charge in [-0.1, -0.05) is 18.7 Å².